The molecule has 24 heavy (non-hydrogen) atoms. The summed E-state index contributed by atoms with van der Waals surface area (Å²) < 4.78 is 2.08. The van der Waals surface area contributed by atoms with E-state index < -0.39 is 0 Å². The van der Waals surface area contributed by atoms with Crippen molar-refractivity contribution in [2.45, 2.75) is 58.9 Å². The predicted molar refractivity (Wildman–Crippen MR) is 96.4 cm³/mol. The second kappa shape index (κ2) is 6.51. The number of hydrogen-bond donors (Lipinski definition) is 0. The molecule has 1 aromatic rings. The van der Waals surface area contributed by atoms with Gasteiger partial charge in [-0.15, -0.1) is 0 Å². The van der Waals surface area contributed by atoms with Gasteiger partial charge in [0.25, 0.3) is 5.91 Å². The Morgan fingerprint density at radius 3 is 2.33 bits per heavy atom. The Bertz CT molecular complexity index is 587. The van der Waals surface area contributed by atoms with Crippen LogP contribution in [0.5, 0.6) is 0 Å². The van der Waals surface area contributed by atoms with Crippen LogP contribution in [-0.4, -0.2) is 58.2 Å². The van der Waals surface area contributed by atoms with Gasteiger partial charge in [-0.1, -0.05) is 13.8 Å². The van der Waals surface area contributed by atoms with Crippen molar-refractivity contribution < 1.29 is 4.79 Å². The maximum absolute atomic E-state index is 12.9. The lowest BCUT2D eigenvalue weighted by atomic mass is 10.1. The van der Waals surface area contributed by atoms with Crippen LogP contribution in [-0.2, 0) is 5.54 Å². The topological polar surface area (TPSA) is 41.4 Å². The summed E-state index contributed by atoms with van der Waals surface area (Å²) in [7, 11) is 0. The molecule has 5 heteroatoms. The van der Waals surface area contributed by atoms with E-state index in [1.54, 1.807) is 0 Å². The van der Waals surface area contributed by atoms with Crippen molar-refractivity contribution >= 4 is 5.91 Å². The summed E-state index contributed by atoms with van der Waals surface area (Å²) in [5.41, 5.74) is 1.79. The predicted octanol–water partition coefficient (Wildman–Crippen LogP) is 2.93. The molecule has 0 N–H and O–H groups in total. The average molecular weight is 332 g/mol. The summed E-state index contributed by atoms with van der Waals surface area (Å²) in [5, 5.41) is 4.70. The normalized spacial score (nSPS) is 20.0. The molecule has 2 fully saturated rings. The van der Waals surface area contributed by atoms with Crippen LogP contribution >= 0.6 is 0 Å². The van der Waals surface area contributed by atoms with Gasteiger partial charge >= 0.3 is 0 Å². The molecule has 0 spiro atoms. The van der Waals surface area contributed by atoms with Crippen LogP contribution in [0.15, 0.2) is 6.07 Å². The third-order valence-electron chi connectivity index (χ3n) is 4.87. The first kappa shape index (κ1) is 17.5. The van der Waals surface area contributed by atoms with Crippen LogP contribution in [0.4, 0.5) is 0 Å². The van der Waals surface area contributed by atoms with E-state index in [9.17, 15) is 4.79 Å². The highest BCUT2D eigenvalue weighted by molar-refractivity contribution is 5.92. The second-order valence-corrected chi connectivity index (χ2v) is 8.80. The van der Waals surface area contributed by atoms with E-state index in [1.807, 2.05) is 11.0 Å². The number of carbonyl (C=O) groups is 1. The van der Waals surface area contributed by atoms with Crippen LogP contribution < -0.4 is 0 Å². The minimum absolute atomic E-state index is 0.0770. The Balaban J connectivity index is 1.70. The molecule has 0 bridgehead atoms. The minimum Gasteiger partial charge on any atom is -0.335 e. The van der Waals surface area contributed by atoms with Crippen molar-refractivity contribution in [3.8, 4) is 0 Å². The molecule has 1 aliphatic heterocycles. The number of aromatic nitrogens is 2. The Morgan fingerprint density at radius 1 is 1.21 bits per heavy atom. The molecule has 0 unspecified atom stereocenters. The monoisotopic (exact) mass is 332 g/mol. The summed E-state index contributed by atoms with van der Waals surface area (Å²) in [6.07, 6.45) is 2.45. The van der Waals surface area contributed by atoms with Gasteiger partial charge in [0, 0.05) is 44.3 Å². The smallest absolute Gasteiger partial charge is 0.274 e. The van der Waals surface area contributed by atoms with Gasteiger partial charge in [-0.3, -0.25) is 14.4 Å². The number of hydrogen-bond acceptors (Lipinski definition) is 3. The molecule has 1 saturated heterocycles. The van der Waals surface area contributed by atoms with E-state index in [1.165, 1.54) is 18.5 Å². The largest absolute Gasteiger partial charge is 0.335 e. The van der Waals surface area contributed by atoms with Crippen molar-refractivity contribution in [2.75, 3.05) is 32.7 Å². The van der Waals surface area contributed by atoms with Crippen LogP contribution in [0, 0.1) is 5.92 Å². The van der Waals surface area contributed by atoms with E-state index in [4.69, 9.17) is 5.10 Å². The lowest BCUT2D eigenvalue weighted by Gasteiger charge is -2.35. The van der Waals surface area contributed by atoms with Gasteiger partial charge in [-0.25, -0.2) is 0 Å². The summed E-state index contributed by atoms with van der Waals surface area (Å²) >= 11 is 0. The molecule has 134 valence electrons. The molecular weight excluding hydrogens is 300 g/mol. The molecule has 2 aliphatic rings. The molecule has 0 radical (unpaired) electrons. The van der Waals surface area contributed by atoms with Crippen molar-refractivity contribution in [3.05, 3.63) is 17.5 Å². The summed E-state index contributed by atoms with van der Waals surface area (Å²) in [4.78, 5) is 17.3. The SMILES string of the molecule is CC(C)CN1CCN(C(=O)c2cc(C3CC3)n(C(C)(C)C)n2)CC1. The molecule has 1 saturated carbocycles. The van der Waals surface area contributed by atoms with E-state index in [0.717, 1.165) is 32.7 Å². The Morgan fingerprint density at radius 2 is 1.83 bits per heavy atom. The number of amides is 1. The van der Waals surface area contributed by atoms with Gasteiger partial charge in [-0.05, 0) is 45.6 Å². The Kier molecular flexibility index (Phi) is 4.73. The van der Waals surface area contributed by atoms with Crippen LogP contribution in [0.1, 0.15) is 69.6 Å². The molecule has 1 amide bonds. The maximum atomic E-state index is 12.9. The fourth-order valence-corrected chi connectivity index (χ4v) is 3.52. The number of piperazine rings is 1. The van der Waals surface area contributed by atoms with Gasteiger partial charge < -0.3 is 4.90 Å². The van der Waals surface area contributed by atoms with E-state index in [0.29, 0.717) is 17.5 Å². The van der Waals surface area contributed by atoms with E-state index in [-0.39, 0.29) is 11.4 Å². The minimum atomic E-state index is -0.0770. The Labute approximate surface area is 146 Å². The first-order chi connectivity index (χ1) is 11.3. The van der Waals surface area contributed by atoms with Gasteiger partial charge in [0.1, 0.15) is 0 Å². The number of rotatable bonds is 4. The van der Waals surface area contributed by atoms with Gasteiger partial charge in [0.15, 0.2) is 5.69 Å². The van der Waals surface area contributed by atoms with Gasteiger partial charge in [0.2, 0.25) is 0 Å². The first-order valence-electron chi connectivity index (χ1n) is 9.38. The second-order valence-electron chi connectivity index (χ2n) is 8.80. The number of carbonyl (C=O) groups excluding carboxylic acids is 1. The van der Waals surface area contributed by atoms with Crippen molar-refractivity contribution in [1.82, 2.24) is 19.6 Å². The highest BCUT2D eigenvalue weighted by atomic mass is 16.2. The zero-order chi connectivity index (χ0) is 17.5. The quantitative estimate of drug-likeness (QED) is 0.851. The standard InChI is InChI=1S/C19H32N4O/c1-14(2)13-21-8-10-22(11-9-21)18(24)16-12-17(15-6-7-15)23(20-16)19(3,4)5/h12,14-15H,6-11,13H2,1-5H3. The third kappa shape index (κ3) is 3.82. The van der Waals surface area contributed by atoms with Crippen LogP contribution in [0.3, 0.4) is 0 Å². The van der Waals surface area contributed by atoms with Gasteiger partial charge in [0.05, 0.1) is 5.54 Å². The molecule has 5 nitrogen and oxygen atoms in total. The van der Waals surface area contributed by atoms with Crippen LogP contribution in [0.2, 0.25) is 0 Å². The van der Waals surface area contributed by atoms with Crippen LogP contribution in [0.25, 0.3) is 0 Å². The van der Waals surface area contributed by atoms with Gasteiger partial charge in [-0.2, -0.15) is 5.10 Å². The summed E-state index contributed by atoms with van der Waals surface area (Å²) in [6, 6.07) is 2.05. The highest BCUT2D eigenvalue weighted by Crippen LogP contribution is 2.41. The molecular formula is C19H32N4O. The highest BCUT2D eigenvalue weighted by Gasteiger charge is 2.33. The van der Waals surface area contributed by atoms with Crippen molar-refractivity contribution in [2.24, 2.45) is 5.92 Å². The molecule has 1 aliphatic carbocycles. The third-order valence-corrected chi connectivity index (χ3v) is 4.87. The molecule has 0 aromatic carbocycles. The van der Waals surface area contributed by atoms with E-state index >= 15 is 0 Å². The molecule has 1 aromatic heterocycles. The first-order valence-corrected chi connectivity index (χ1v) is 9.38. The fourth-order valence-electron chi connectivity index (χ4n) is 3.52. The zero-order valence-corrected chi connectivity index (χ0v) is 15.9. The Hall–Kier alpha value is -1.36. The molecule has 3 rings (SSSR count). The van der Waals surface area contributed by atoms with Crippen molar-refractivity contribution in [1.29, 1.82) is 0 Å². The average Bonchev–Trinajstić information content (AvgIpc) is 3.24. The lowest BCUT2D eigenvalue weighted by molar-refractivity contribution is 0.0616. The summed E-state index contributed by atoms with van der Waals surface area (Å²) in [5.74, 6) is 1.38. The molecule has 0 atom stereocenters. The zero-order valence-electron chi connectivity index (χ0n) is 15.9. The molecule has 2 heterocycles. The summed E-state index contributed by atoms with van der Waals surface area (Å²) in [6.45, 7) is 15.7. The maximum Gasteiger partial charge on any atom is 0.274 e. The number of nitrogens with zero attached hydrogens (tertiary/aromatic N) is 4. The van der Waals surface area contributed by atoms with Crippen molar-refractivity contribution in [3.63, 3.8) is 0 Å². The lowest BCUT2D eigenvalue weighted by Crippen LogP contribution is -2.49. The van der Waals surface area contributed by atoms with E-state index in [2.05, 4.69) is 44.2 Å². The fraction of sp³-hybridized carbons (Fsp3) is 0.789.